The Morgan fingerprint density at radius 1 is 0.944 bits per heavy atom. The van der Waals surface area contributed by atoms with Gasteiger partial charge in [-0.15, -0.1) is 12.4 Å². The topological polar surface area (TPSA) is 68.1 Å². The predicted octanol–water partition coefficient (Wildman–Crippen LogP) is 6.02. The molecule has 1 amide bonds. The average molecular weight is 521 g/mol. The maximum atomic E-state index is 13.7. The first-order valence-corrected chi connectivity index (χ1v) is 11.9. The van der Waals surface area contributed by atoms with Crippen LogP contribution < -0.4 is 4.90 Å². The van der Waals surface area contributed by atoms with E-state index in [0.29, 0.717) is 51.5 Å². The monoisotopic (exact) mass is 520 g/mol. The van der Waals surface area contributed by atoms with Gasteiger partial charge in [0, 0.05) is 42.2 Å². The molecule has 3 aromatic carbocycles. The van der Waals surface area contributed by atoms with Gasteiger partial charge in [-0.3, -0.25) is 14.5 Å². The molecule has 0 atom stereocenters. The molecule has 2 heterocycles. The molecule has 182 valence electrons. The van der Waals surface area contributed by atoms with Crippen LogP contribution in [0.2, 0.25) is 0 Å². The molecule has 36 heavy (non-hydrogen) atoms. The zero-order chi connectivity index (χ0) is 24.2. The maximum absolute atomic E-state index is 13.7. The molecule has 0 saturated carbocycles. The zero-order valence-electron chi connectivity index (χ0n) is 19.1. The van der Waals surface area contributed by atoms with Gasteiger partial charge in [0.25, 0.3) is 5.91 Å². The molecule has 0 spiro atoms. The average Bonchev–Trinajstić information content (AvgIpc) is 3.56. The number of benzene rings is 3. The lowest BCUT2D eigenvalue weighted by molar-refractivity contribution is 0.0984. The Balaban J connectivity index is 0.00000304. The standard InChI is InChI=1S/C27H21FN4O2S.ClH/c28-22-11-12-23-24(17-22)35-27(30-23)32(15-4-14-31-16-13-29-18-31)26(34)21-9-7-20(8-10-21)25(33)19-5-2-1-3-6-19;/h1-3,5-13,16-18H,4,14-15H2;1H. The summed E-state index contributed by atoms with van der Waals surface area (Å²) in [4.78, 5) is 36.5. The third-order valence-electron chi connectivity index (χ3n) is 5.60. The van der Waals surface area contributed by atoms with Gasteiger partial charge in [0.1, 0.15) is 5.82 Å². The van der Waals surface area contributed by atoms with Gasteiger partial charge in [-0.1, -0.05) is 53.8 Å². The van der Waals surface area contributed by atoms with E-state index < -0.39 is 0 Å². The lowest BCUT2D eigenvalue weighted by atomic mass is 10.0. The lowest BCUT2D eigenvalue weighted by Gasteiger charge is -2.20. The summed E-state index contributed by atoms with van der Waals surface area (Å²) in [6, 6.07) is 20.1. The van der Waals surface area contributed by atoms with Crippen LogP contribution in [0.15, 0.2) is 91.5 Å². The van der Waals surface area contributed by atoms with Crippen molar-refractivity contribution < 1.29 is 14.0 Å². The highest BCUT2D eigenvalue weighted by molar-refractivity contribution is 7.22. The number of carbonyl (C=O) groups excluding carboxylic acids is 2. The summed E-state index contributed by atoms with van der Waals surface area (Å²) in [7, 11) is 0. The van der Waals surface area contributed by atoms with Crippen molar-refractivity contribution in [2.75, 3.05) is 11.4 Å². The van der Waals surface area contributed by atoms with Crippen LogP contribution in [0.1, 0.15) is 32.7 Å². The molecule has 9 heteroatoms. The summed E-state index contributed by atoms with van der Waals surface area (Å²) in [5.74, 6) is -0.673. The smallest absolute Gasteiger partial charge is 0.260 e. The number of hydrogen-bond acceptors (Lipinski definition) is 5. The van der Waals surface area contributed by atoms with Crippen molar-refractivity contribution in [1.29, 1.82) is 0 Å². The van der Waals surface area contributed by atoms with Crippen LogP contribution in [0.4, 0.5) is 9.52 Å². The summed E-state index contributed by atoms with van der Waals surface area (Å²) in [6.45, 7) is 1.11. The van der Waals surface area contributed by atoms with E-state index in [1.807, 2.05) is 29.0 Å². The van der Waals surface area contributed by atoms with Gasteiger partial charge in [-0.05, 0) is 36.8 Å². The molecule has 6 nitrogen and oxygen atoms in total. The number of rotatable bonds is 8. The molecule has 0 N–H and O–H groups in total. The number of halogens is 2. The van der Waals surface area contributed by atoms with E-state index in [9.17, 15) is 14.0 Å². The first kappa shape index (κ1) is 25.2. The number of imidazole rings is 1. The van der Waals surface area contributed by atoms with E-state index in [2.05, 4.69) is 9.97 Å². The molecule has 0 fully saturated rings. The second kappa shape index (κ2) is 11.2. The third kappa shape index (κ3) is 5.50. The van der Waals surface area contributed by atoms with Crippen molar-refractivity contribution in [3.8, 4) is 0 Å². The Labute approximate surface area is 217 Å². The van der Waals surface area contributed by atoms with Crippen molar-refractivity contribution in [3.05, 3.63) is 114 Å². The molecule has 5 aromatic rings. The molecule has 0 saturated heterocycles. The largest absolute Gasteiger partial charge is 0.337 e. The van der Waals surface area contributed by atoms with Crippen LogP contribution in [-0.4, -0.2) is 32.8 Å². The van der Waals surface area contributed by atoms with Crippen LogP contribution >= 0.6 is 23.7 Å². The van der Waals surface area contributed by atoms with E-state index in [1.54, 1.807) is 59.9 Å². The van der Waals surface area contributed by atoms with Crippen molar-refractivity contribution in [2.24, 2.45) is 0 Å². The number of carbonyl (C=O) groups is 2. The van der Waals surface area contributed by atoms with Crippen molar-refractivity contribution in [1.82, 2.24) is 14.5 Å². The minimum absolute atomic E-state index is 0. The molecule has 2 aromatic heterocycles. The number of aromatic nitrogens is 3. The summed E-state index contributed by atoms with van der Waals surface area (Å²) in [6.07, 6.45) is 5.99. The second-order valence-corrected chi connectivity index (χ2v) is 9.00. The molecule has 0 aliphatic rings. The molecule has 0 radical (unpaired) electrons. The SMILES string of the molecule is Cl.O=C(c1ccccc1)c1ccc(C(=O)N(CCCn2ccnc2)c2nc3ccc(F)cc3s2)cc1. The Hall–Kier alpha value is -3.88. The fourth-order valence-electron chi connectivity index (χ4n) is 3.79. The minimum Gasteiger partial charge on any atom is -0.337 e. The Morgan fingerprint density at radius 2 is 1.67 bits per heavy atom. The number of fused-ring (bicyclic) bond motifs is 1. The van der Waals surface area contributed by atoms with Gasteiger partial charge in [-0.25, -0.2) is 14.4 Å². The number of hydrogen-bond donors (Lipinski definition) is 0. The number of amides is 1. The first-order chi connectivity index (χ1) is 17.1. The molecular weight excluding hydrogens is 499 g/mol. The van der Waals surface area contributed by atoms with E-state index >= 15 is 0 Å². The second-order valence-electron chi connectivity index (χ2n) is 7.99. The highest BCUT2D eigenvalue weighted by Gasteiger charge is 2.22. The van der Waals surface area contributed by atoms with Crippen molar-refractivity contribution >= 4 is 50.8 Å². The Bertz CT molecular complexity index is 1470. The quantitative estimate of drug-likeness (QED) is 0.235. The van der Waals surface area contributed by atoms with Gasteiger partial charge >= 0.3 is 0 Å². The van der Waals surface area contributed by atoms with Crippen molar-refractivity contribution in [3.63, 3.8) is 0 Å². The third-order valence-corrected chi connectivity index (χ3v) is 6.64. The first-order valence-electron chi connectivity index (χ1n) is 11.1. The van der Waals surface area contributed by atoms with Gasteiger partial charge < -0.3 is 4.57 Å². The zero-order valence-corrected chi connectivity index (χ0v) is 20.7. The van der Waals surface area contributed by atoms with E-state index in [4.69, 9.17) is 0 Å². The van der Waals surface area contributed by atoms with Crippen LogP contribution in [0, 0.1) is 5.82 Å². The van der Waals surface area contributed by atoms with Gasteiger partial charge in [0.15, 0.2) is 10.9 Å². The highest BCUT2D eigenvalue weighted by Crippen LogP contribution is 2.30. The predicted molar refractivity (Wildman–Crippen MR) is 142 cm³/mol. The number of nitrogens with zero attached hydrogens (tertiary/aromatic N) is 4. The molecule has 5 rings (SSSR count). The van der Waals surface area contributed by atoms with E-state index in [1.165, 1.54) is 23.5 Å². The maximum Gasteiger partial charge on any atom is 0.260 e. The molecule has 0 aliphatic heterocycles. The van der Waals surface area contributed by atoms with Gasteiger partial charge in [0.2, 0.25) is 0 Å². The van der Waals surface area contributed by atoms with Crippen LogP contribution in [0.3, 0.4) is 0 Å². The Kier molecular flexibility index (Phi) is 7.87. The van der Waals surface area contributed by atoms with Gasteiger partial charge in [0.05, 0.1) is 16.5 Å². The van der Waals surface area contributed by atoms with Crippen molar-refractivity contribution in [2.45, 2.75) is 13.0 Å². The highest BCUT2D eigenvalue weighted by atomic mass is 35.5. The van der Waals surface area contributed by atoms with Crippen LogP contribution in [0.5, 0.6) is 0 Å². The van der Waals surface area contributed by atoms with Gasteiger partial charge in [-0.2, -0.15) is 0 Å². The number of anilines is 1. The number of ketones is 1. The number of thiazole rings is 1. The molecule has 0 bridgehead atoms. The molecular formula is C27H22ClFN4O2S. The van der Waals surface area contributed by atoms with Crippen LogP contribution in [-0.2, 0) is 6.54 Å². The normalized spacial score (nSPS) is 10.7. The number of aryl methyl sites for hydroxylation is 1. The fourth-order valence-corrected chi connectivity index (χ4v) is 4.81. The summed E-state index contributed by atoms with van der Waals surface area (Å²) in [5, 5.41) is 0.505. The fraction of sp³-hybridized carbons (Fsp3) is 0.111. The summed E-state index contributed by atoms with van der Waals surface area (Å²) >= 11 is 1.28. The molecule has 0 unspecified atom stereocenters. The van der Waals surface area contributed by atoms with E-state index in [0.717, 1.165) is 0 Å². The molecule has 0 aliphatic carbocycles. The lowest BCUT2D eigenvalue weighted by Crippen LogP contribution is -2.32. The van der Waals surface area contributed by atoms with Crippen LogP contribution in [0.25, 0.3) is 10.2 Å². The Morgan fingerprint density at radius 3 is 2.39 bits per heavy atom. The van der Waals surface area contributed by atoms with E-state index in [-0.39, 0.29) is 29.9 Å². The summed E-state index contributed by atoms with van der Waals surface area (Å²) < 4.78 is 16.3. The summed E-state index contributed by atoms with van der Waals surface area (Å²) in [5.41, 5.74) is 2.19. The minimum atomic E-state index is -0.343.